The van der Waals surface area contributed by atoms with Gasteiger partial charge in [-0.3, -0.25) is 0 Å². The Kier molecular flexibility index (Phi) is 5.72. The van der Waals surface area contributed by atoms with Crippen molar-refractivity contribution in [2.45, 2.75) is 38.0 Å². The summed E-state index contributed by atoms with van der Waals surface area (Å²) in [5.74, 6) is 3.63. The number of hydrogen-bond acceptors (Lipinski definition) is 6. The van der Waals surface area contributed by atoms with Crippen LogP contribution in [0.3, 0.4) is 0 Å². The number of methoxy groups -OCH3 is 1. The van der Waals surface area contributed by atoms with Gasteiger partial charge in [0.15, 0.2) is 0 Å². The number of rotatable bonds is 7. The van der Waals surface area contributed by atoms with Crippen LogP contribution in [-0.4, -0.2) is 74.9 Å². The van der Waals surface area contributed by atoms with Gasteiger partial charge in [0.05, 0.1) is 12.3 Å². The van der Waals surface area contributed by atoms with Crippen molar-refractivity contribution < 1.29 is 4.74 Å². The summed E-state index contributed by atoms with van der Waals surface area (Å²) in [6, 6.07) is 0. The maximum absolute atomic E-state index is 5.23. The molecule has 1 aromatic heterocycles. The lowest BCUT2D eigenvalue weighted by atomic mass is 10.1. The monoisotopic (exact) mass is 359 g/mol. The third-order valence-electron chi connectivity index (χ3n) is 6.00. The smallest absolute Gasteiger partial charge is 0.135 e. The maximum atomic E-state index is 5.23. The minimum atomic E-state index is 0.611. The molecule has 0 radical (unpaired) electrons. The summed E-state index contributed by atoms with van der Waals surface area (Å²) in [6.45, 7) is 7.42. The lowest BCUT2D eigenvalue weighted by Gasteiger charge is -2.26. The molecule has 2 fully saturated rings. The highest BCUT2D eigenvalue weighted by molar-refractivity contribution is 5.50. The summed E-state index contributed by atoms with van der Waals surface area (Å²) in [7, 11) is 4.02. The fraction of sp³-hybridized carbons (Fsp3) is 0.800. The Morgan fingerprint density at radius 1 is 1.19 bits per heavy atom. The van der Waals surface area contributed by atoms with Crippen LogP contribution >= 0.6 is 0 Å². The van der Waals surface area contributed by atoms with E-state index in [1.165, 1.54) is 49.4 Å². The van der Waals surface area contributed by atoms with Gasteiger partial charge < -0.3 is 19.9 Å². The second-order valence-corrected chi connectivity index (χ2v) is 8.18. The van der Waals surface area contributed by atoms with Crippen molar-refractivity contribution in [3.63, 3.8) is 0 Å². The number of aromatic nitrogens is 2. The van der Waals surface area contributed by atoms with Crippen LogP contribution in [-0.2, 0) is 17.6 Å². The fourth-order valence-electron chi connectivity index (χ4n) is 4.34. The van der Waals surface area contributed by atoms with Crippen LogP contribution in [0.5, 0.6) is 0 Å². The normalized spacial score (nSPS) is 23.7. The van der Waals surface area contributed by atoms with Crippen LogP contribution in [0.1, 0.15) is 42.3 Å². The molecule has 1 saturated carbocycles. The molecule has 3 aliphatic rings. The molecule has 6 heteroatoms. The Bertz CT molecular complexity index is 618. The summed E-state index contributed by atoms with van der Waals surface area (Å²) in [5.41, 5.74) is 2.68. The number of fused-ring (bicyclic) bond motifs is 1. The van der Waals surface area contributed by atoms with Crippen molar-refractivity contribution in [3.05, 3.63) is 17.1 Å². The van der Waals surface area contributed by atoms with Crippen molar-refractivity contribution in [2.75, 3.05) is 64.9 Å². The molecule has 144 valence electrons. The maximum Gasteiger partial charge on any atom is 0.135 e. The molecule has 0 amide bonds. The zero-order valence-corrected chi connectivity index (χ0v) is 16.3. The Morgan fingerprint density at radius 2 is 2.04 bits per heavy atom. The van der Waals surface area contributed by atoms with Crippen LogP contribution in [0.15, 0.2) is 0 Å². The molecule has 1 aliphatic carbocycles. The molecule has 1 aromatic rings. The third-order valence-corrected chi connectivity index (χ3v) is 6.00. The average Bonchev–Trinajstić information content (AvgIpc) is 3.43. The molecule has 6 nitrogen and oxygen atoms in total. The van der Waals surface area contributed by atoms with Gasteiger partial charge in [-0.2, -0.15) is 0 Å². The van der Waals surface area contributed by atoms with Gasteiger partial charge in [0, 0.05) is 58.2 Å². The van der Waals surface area contributed by atoms with E-state index in [1.807, 2.05) is 0 Å². The molecule has 1 saturated heterocycles. The second-order valence-electron chi connectivity index (χ2n) is 8.18. The van der Waals surface area contributed by atoms with Gasteiger partial charge in [-0.05, 0) is 44.7 Å². The molecule has 2 aliphatic heterocycles. The zero-order chi connectivity index (χ0) is 17.9. The van der Waals surface area contributed by atoms with E-state index in [-0.39, 0.29) is 0 Å². The van der Waals surface area contributed by atoms with Gasteiger partial charge in [-0.25, -0.2) is 9.97 Å². The minimum Gasteiger partial charge on any atom is -0.383 e. The van der Waals surface area contributed by atoms with Gasteiger partial charge in [0.1, 0.15) is 11.6 Å². The zero-order valence-electron chi connectivity index (χ0n) is 16.3. The predicted octanol–water partition coefficient (Wildman–Crippen LogP) is 1.45. The van der Waals surface area contributed by atoms with Crippen molar-refractivity contribution in [2.24, 2.45) is 5.92 Å². The average molecular weight is 360 g/mol. The lowest BCUT2D eigenvalue weighted by molar-refractivity contribution is 0.159. The first-order valence-electron chi connectivity index (χ1n) is 10.3. The van der Waals surface area contributed by atoms with Gasteiger partial charge in [-0.1, -0.05) is 0 Å². The number of ether oxygens (including phenoxy) is 1. The van der Waals surface area contributed by atoms with Crippen LogP contribution in [0.2, 0.25) is 0 Å². The number of anilines is 1. The van der Waals surface area contributed by atoms with Crippen LogP contribution in [0.25, 0.3) is 0 Å². The van der Waals surface area contributed by atoms with Crippen LogP contribution in [0.4, 0.5) is 5.82 Å². The summed E-state index contributed by atoms with van der Waals surface area (Å²) in [5, 5.41) is 3.52. The van der Waals surface area contributed by atoms with Crippen molar-refractivity contribution in [3.8, 4) is 0 Å². The van der Waals surface area contributed by atoms with Gasteiger partial charge in [0.25, 0.3) is 0 Å². The molecule has 0 unspecified atom stereocenters. The molecule has 26 heavy (non-hydrogen) atoms. The SMILES string of the molecule is COCCN1CC[C@H](CN(C)c2nc(C3CC3)nc3c2CCNCC3)C1. The van der Waals surface area contributed by atoms with Gasteiger partial charge in [0.2, 0.25) is 0 Å². The van der Waals surface area contributed by atoms with Crippen molar-refractivity contribution in [1.29, 1.82) is 0 Å². The van der Waals surface area contributed by atoms with Gasteiger partial charge >= 0.3 is 0 Å². The highest BCUT2D eigenvalue weighted by Gasteiger charge is 2.30. The molecular formula is C20H33N5O. The summed E-state index contributed by atoms with van der Waals surface area (Å²) < 4.78 is 5.23. The third kappa shape index (κ3) is 4.18. The summed E-state index contributed by atoms with van der Waals surface area (Å²) >= 11 is 0. The minimum absolute atomic E-state index is 0.611. The summed E-state index contributed by atoms with van der Waals surface area (Å²) in [6.07, 6.45) is 5.88. The quantitative estimate of drug-likeness (QED) is 0.795. The number of hydrogen-bond donors (Lipinski definition) is 1. The van der Waals surface area contributed by atoms with E-state index in [0.29, 0.717) is 5.92 Å². The van der Waals surface area contributed by atoms with E-state index in [4.69, 9.17) is 14.7 Å². The standard InChI is InChI=1S/C20H33N5O/c1-24(13-15-7-10-25(14-15)11-12-26-2)20-17-5-8-21-9-6-18(17)22-19(23-20)16-3-4-16/h15-16,21H,3-14H2,1-2H3/t15-/m1/s1. The second kappa shape index (κ2) is 8.19. The van der Waals surface area contributed by atoms with Crippen molar-refractivity contribution >= 4 is 5.82 Å². The van der Waals surface area contributed by atoms with E-state index in [2.05, 4.69) is 22.2 Å². The molecule has 0 aromatic carbocycles. The van der Waals surface area contributed by atoms with E-state index < -0.39 is 0 Å². The predicted molar refractivity (Wildman–Crippen MR) is 104 cm³/mol. The van der Waals surface area contributed by atoms with Crippen LogP contribution < -0.4 is 10.2 Å². The van der Waals surface area contributed by atoms with E-state index in [0.717, 1.165) is 57.4 Å². The Labute approximate surface area is 157 Å². The van der Waals surface area contributed by atoms with Gasteiger partial charge in [-0.15, -0.1) is 0 Å². The van der Waals surface area contributed by atoms with E-state index >= 15 is 0 Å². The largest absolute Gasteiger partial charge is 0.383 e. The summed E-state index contributed by atoms with van der Waals surface area (Å²) in [4.78, 5) is 15.0. The Morgan fingerprint density at radius 3 is 2.85 bits per heavy atom. The Hall–Kier alpha value is -1.24. The first-order chi connectivity index (χ1) is 12.7. The first-order valence-corrected chi connectivity index (χ1v) is 10.3. The van der Waals surface area contributed by atoms with Crippen molar-refractivity contribution in [1.82, 2.24) is 20.2 Å². The molecular weight excluding hydrogens is 326 g/mol. The number of nitrogens with zero attached hydrogens (tertiary/aromatic N) is 4. The molecule has 4 rings (SSSR count). The molecule has 1 atom stereocenters. The molecule has 3 heterocycles. The fourth-order valence-corrected chi connectivity index (χ4v) is 4.34. The lowest BCUT2D eigenvalue weighted by Crippen LogP contribution is -2.31. The molecule has 0 spiro atoms. The van der Waals surface area contributed by atoms with E-state index in [1.54, 1.807) is 7.11 Å². The molecule has 0 bridgehead atoms. The highest BCUT2D eigenvalue weighted by atomic mass is 16.5. The highest BCUT2D eigenvalue weighted by Crippen LogP contribution is 2.39. The Balaban J connectivity index is 1.48. The van der Waals surface area contributed by atoms with Crippen LogP contribution in [0, 0.1) is 5.92 Å². The van der Waals surface area contributed by atoms with E-state index in [9.17, 15) is 0 Å². The molecule has 1 N–H and O–H groups in total. The first kappa shape index (κ1) is 18.1. The topological polar surface area (TPSA) is 53.5 Å². The number of likely N-dealkylation sites (tertiary alicyclic amines) is 1. The number of nitrogens with one attached hydrogen (secondary N) is 1.